The third kappa shape index (κ3) is 2.75. The van der Waals surface area contributed by atoms with Gasteiger partial charge in [0.25, 0.3) is 0 Å². The number of hydrogen-bond donors (Lipinski definition) is 1. The molecule has 0 saturated carbocycles. The lowest BCUT2D eigenvalue weighted by molar-refractivity contribution is -0.126. The van der Waals surface area contributed by atoms with E-state index < -0.39 is 0 Å². The Labute approximate surface area is 116 Å². The number of rotatable bonds is 4. The van der Waals surface area contributed by atoms with Crippen molar-refractivity contribution in [2.24, 2.45) is 5.41 Å². The quantitative estimate of drug-likeness (QED) is 0.929. The van der Waals surface area contributed by atoms with Crippen LogP contribution in [0.3, 0.4) is 0 Å². The summed E-state index contributed by atoms with van der Waals surface area (Å²) < 4.78 is 6.08. The van der Waals surface area contributed by atoms with Crippen LogP contribution in [-0.4, -0.2) is 26.0 Å². The van der Waals surface area contributed by atoms with Crippen LogP contribution in [-0.2, 0) is 11.2 Å². The third-order valence-electron chi connectivity index (χ3n) is 3.62. The van der Waals surface area contributed by atoms with Crippen LogP contribution in [0.2, 0.25) is 0 Å². The van der Waals surface area contributed by atoms with Gasteiger partial charge in [-0.25, -0.2) is 0 Å². The van der Waals surface area contributed by atoms with Crippen LogP contribution in [0.1, 0.15) is 18.9 Å². The fourth-order valence-electron chi connectivity index (χ4n) is 2.27. The molecule has 1 aliphatic heterocycles. The molecule has 1 saturated heterocycles. The molecule has 1 unspecified atom stereocenters. The molecule has 1 aromatic carbocycles. The van der Waals surface area contributed by atoms with Gasteiger partial charge in [0.2, 0.25) is 0 Å². The Morgan fingerprint density at radius 2 is 2.33 bits per heavy atom. The summed E-state index contributed by atoms with van der Waals surface area (Å²) in [6.07, 6.45) is 1.42. The highest BCUT2D eigenvalue weighted by atomic mass is 79.9. The molecule has 0 aromatic heterocycles. The van der Waals surface area contributed by atoms with E-state index in [0.717, 1.165) is 35.3 Å². The van der Waals surface area contributed by atoms with E-state index >= 15 is 0 Å². The minimum atomic E-state index is -0.202. The molecule has 1 fully saturated rings. The molecule has 0 spiro atoms. The third-order valence-corrected chi connectivity index (χ3v) is 4.24. The zero-order valence-electron chi connectivity index (χ0n) is 10.8. The largest absolute Gasteiger partial charge is 0.496 e. The van der Waals surface area contributed by atoms with Crippen molar-refractivity contribution in [1.29, 1.82) is 0 Å². The van der Waals surface area contributed by atoms with Crippen molar-refractivity contribution in [1.82, 2.24) is 5.32 Å². The van der Waals surface area contributed by atoms with Gasteiger partial charge in [0.05, 0.1) is 11.6 Å². The van der Waals surface area contributed by atoms with E-state index in [0.29, 0.717) is 12.2 Å². The number of hydrogen-bond acceptors (Lipinski definition) is 3. The Hall–Kier alpha value is -0.870. The molecule has 1 atom stereocenters. The van der Waals surface area contributed by atoms with Crippen molar-refractivity contribution < 1.29 is 9.53 Å². The van der Waals surface area contributed by atoms with E-state index in [4.69, 9.17) is 4.74 Å². The Bertz CT molecular complexity index is 453. The van der Waals surface area contributed by atoms with Gasteiger partial charge in [-0.05, 0) is 46.6 Å². The number of methoxy groups -OCH3 is 1. The number of halogens is 1. The van der Waals surface area contributed by atoms with Crippen LogP contribution >= 0.6 is 15.9 Å². The zero-order chi connectivity index (χ0) is 13.2. The van der Waals surface area contributed by atoms with E-state index in [9.17, 15) is 4.79 Å². The summed E-state index contributed by atoms with van der Waals surface area (Å²) in [6.45, 7) is 3.78. The Morgan fingerprint density at radius 3 is 2.89 bits per heavy atom. The van der Waals surface area contributed by atoms with Crippen LogP contribution < -0.4 is 10.1 Å². The van der Waals surface area contributed by atoms with E-state index in [2.05, 4.69) is 21.2 Å². The van der Waals surface area contributed by atoms with Gasteiger partial charge >= 0.3 is 0 Å². The molecule has 18 heavy (non-hydrogen) atoms. The molecule has 1 aromatic rings. The molecule has 0 amide bonds. The first-order valence-electron chi connectivity index (χ1n) is 6.11. The van der Waals surface area contributed by atoms with Crippen LogP contribution in [0, 0.1) is 5.41 Å². The van der Waals surface area contributed by atoms with Gasteiger partial charge in [-0.3, -0.25) is 4.79 Å². The molecule has 0 bridgehead atoms. The average molecular weight is 312 g/mol. The van der Waals surface area contributed by atoms with Crippen molar-refractivity contribution in [3.8, 4) is 5.75 Å². The molecule has 4 heteroatoms. The van der Waals surface area contributed by atoms with Gasteiger partial charge in [0.15, 0.2) is 0 Å². The van der Waals surface area contributed by atoms with Crippen molar-refractivity contribution in [2.75, 3.05) is 20.2 Å². The molecule has 98 valence electrons. The van der Waals surface area contributed by atoms with E-state index in [1.165, 1.54) is 0 Å². The van der Waals surface area contributed by atoms with E-state index in [-0.39, 0.29) is 5.41 Å². The SMILES string of the molecule is COc1ccc(CC(=O)C2(C)CCNC2)cc1Br. The lowest BCUT2D eigenvalue weighted by atomic mass is 9.82. The molecule has 1 heterocycles. The minimum absolute atomic E-state index is 0.202. The molecule has 0 radical (unpaired) electrons. The number of ketones is 1. The first kappa shape index (κ1) is 13.6. The van der Waals surface area contributed by atoms with Gasteiger partial charge in [-0.15, -0.1) is 0 Å². The molecular weight excluding hydrogens is 294 g/mol. The Morgan fingerprint density at radius 1 is 1.56 bits per heavy atom. The smallest absolute Gasteiger partial charge is 0.144 e. The highest BCUT2D eigenvalue weighted by Gasteiger charge is 2.35. The second kappa shape index (κ2) is 5.41. The second-order valence-corrected chi connectivity index (χ2v) is 5.91. The van der Waals surface area contributed by atoms with Gasteiger partial charge in [0.1, 0.15) is 11.5 Å². The van der Waals surface area contributed by atoms with Crippen LogP contribution in [0.4, 0.5) is 0 Å². The Kier molecular flexibility index (Phi) is 4.07. The maximum absolute atomic E-state index is 12.3. The monoisotopic (exact) mass is 311 g/mol. The normalized spacial score (nSPS) is 23.1. The fourth-order valence-corrected chi connectivity index (χ4v) is 2.86. The number of nitrogens with one attached hydrogen (secondary N) is 1. The zero-order valence-corrected chi connectivity index (χ0v) is 12.3. The molecule has 2 rings (SSSR count). The van der Waals surface area contributed by atoms with Crippen molar-refractivity contribution in [3.63, 3.8) is 0 Å². The first-order chi connectivity index (χ1) is 8.55. The number of Topliss-reactive ketones (excluding diaryl/α,β-unsaturated/α-hetero) is 1. The first-order valence-corrected chi connectivity index (χ1v) is 6.91. The topological polar surface area (TPSA) is 38.3 Å². The Balaban J connectivity index is 2.09. The standard InChI is InChI=1S/C14H18BrNO2/c1-14(5-6-16-9-14)13(17)8-10-3-4-12(18-2)11(15)7-10/h3-4,7,16H,5-6,8-9H2,1-2H3. The lowest BCUT2D eigenvalue weighted by Gasteiger charge is -2.20. The summed E-state index contributed by atoms with van der Waals surface area (Å²) in [6, 6.07) is 5.80. The summed E-state index contributed by atoms with van der Waals surface area (Å²) in [5, 5.41) is 3.26. The van der Waals surface area contributed by atoms with E-state index in [1.807, 2.05) is 25.1 Å². The van der Waals surface area contributed by atoms with Gasteiger partial charge in [0, 0.05) is 18.4 Å². The fraction of sp³-hybridized carbons (Fsp3) is 0.500. The second-order valence-electron chi connectivity index (χ2n) is 5.06. The number of carbonyl (C=O) groups excluding carboxylic acids is 1. The average Bonchev–Trinajstić information content (AvgIpc) is 2.78. The molecular formula is C14H18BrNO2. The number of benzene rings is 1. The van der Waals surface area contributed by atoms with Crippen molar-refractivity contribution >= 4 is 21.7 Å². The van der Waals surface area contributed by atoms with Crippen molar-refractivity contribution in [3.05, 3.63) is 28.2 Å². The summed E-state index contributed by atoms with van der Waals surface area (Å²) in [7, 11) is 1.64. The van der Waals surface area contributed by atoms with Crippen LogP contribution in [0.15, 0.2) is 22.7 Å². The summed E-state index contributed by atoms with van der Waals surface area (Å²) in [4.78, 5) is 12.3. The number of ether oxygens (including phenoxy) is 1. The molecule has 1 N–H and O–H groups in total. The summed E-state index contributed by atoms with van der Waals surface area (Å²) in [5.41, 5.74) is 0.827. The van der Waals surface area contributed by atoms with E-state index in [1.54, 1.807) is 7.11 Å². The summed E-state index contributed by atoms with van der Waals surface area (Å²) >= 11 is 3.45. The summed E-state index contributed by atoms with van der Waals surface area (Å²) in [5.74, 6) is 1.10. The highest BCUT2D eigenvalue weighted by Crippen LogP contribution is 2.29. The van der Waals surface area contributed by atoms with Gasteiger partial charge in [-0.1, -0.05) is 13.0 Å². The van der Waals surface area contributed by atoms with Crippen molar-refractivity contribution in [2.45, 2.75) is 19.8 Å². The number of carbonyl (C=O) groups is 1. The predicted octanol–water partition coefficient (Wildman–Crippen LogP) is 2.57. The minimum Gasteiger partial charge on any atom is -0.496 e. The molecule has 1 aliphatic rings. The van der Waals surface area contributed by atoms with Gasteiger partial charge in [-0.2, -0.15) is 0 Å². The molecule has 0 aliphatic carbocycles. The van der Waals surface area contributed by atoms with Crippen LogP contribution in [0.25, 0.3) is 0 Å². The highest BCUT2D eigenvalue weighted by molar-refractivity contribution is 9.10. The van der Waals surface area contributed by atoms with Crippen LogP contribution in [0.5, 0.6) is 5.75 Å². The molecule has 3 nitrogen and oxygen atoms in total. The maximum Gasteiger partial charge on any atom is 0.144 e. The predicted molar refractivity (Wildman–Crippen MR) is 75.0 cm³/mol. The van der Waals surface area contributed by atoms with Gasteiger partial charge < -0.3 is 10.1 Å². The lowest BCUT2D eigenvalue weighted by Crippen LogP contribution is -2.31. The maximum atomic E-state index is 12.3.